The van der Waals surface area contributed by atoms with Gasteiger partial charge in [-0.25, -0.2) is 8.78 Å². The maximum absolute atomic E-state index is 14.9. The third-order valence-electron chi connectivity index (χ3n) is 6.04. The van der Waals surface area contributed by atoms with Gasteiger partial charge in [-0.1, -0.05) is 55.8 Å². The highest BCUT2D eigenvalue weighted by molar-refractivity contribution is 5.71. The number of ether oxygens (including phenoxy) is 3. The van der Waals surface area contributed by atoms with E-state index >= 15 is 0 Å². The van der Waals surface area contributed by atoms with Gasteiger partial charge in [0.05, 0.1) is 19.8 Å². The van der Waals surface area contributed by atoms with Crippen molar-refractivity contribution < 1.29 is 27.4 Å². The van der Waals surface area contributed by atoms with Crippen molar-refractivity contribution in [1.29, 1.82) is 0 Å². The highest BCUT2D eigenvalue weighted by Crippen LogP contribution is 2.33. The number of halogens is 3. The zero-order chi connectivity index (χ0) is 24.8. The molecule has 0 radical (unpaired) electrons. The number of allylic oxidation sites excluding steroid dienone is 1. The van der Waals surface area contributed by atoms with Crippen LogP contribution in [0, 0.1) is 17.5 Å². The second kappa shape index (κ2) is 11.6. The Morgan fingerprint density at radius 1 is 0.886 bits per heavy atom. The Hall–Kier alpha value is -3.09. The van der Waals surface area contributed by atoms with E-state index in [-0.39, 0.29) is 29.3 Å². The van der Waals surface area contributed by atoms with Crippen molar-refractivity contribution in [1.82, 2.24) is 0 Å². The minimum Gasteiger partial charge on any atom is -0.490 e. The lowest BCUT2D eigenvalue weighted by Crippen LogP contribution is -2.29. The molecular formula is C29H29F3O3. The summed E-state index contributed by atoms with van der Waals surface area (Å²) in [4.78, 5) is 0. The molecule has 1 aliphatic rings. The molecule has 0 N–H and O–H groups in total. The minimum atomic E-state index is -0.993. The van der Waals surface area contributed by atoms with E-state index < -0.39 is 11.6 Å². The Labute approximate surface area is 204 Å². The molecule has 1 heterocycles. The topological polar surface area (TPSA) is 27.7 Å². The predicted molar refractivity (Wildman–Crippen MR) is 131 cm³/mol. The first-order valence-electron chi connectivity index (χ1n) is 11.9. The van der Waals surface area contributed by atoms with Crippen molar-refractivity contribution in [2.24, 2.45) is 0 Å². The van der Waals surface area contributed by atoms with Gasteiger partial charge in [-0.05, 0) is 59.9 Å². The first kappa shape index (κ1) is 25.0. The molecule has 35 heavy (non-hydrogen) atoms. The fraction of sp³-hybridized carbons (Fsp3) is 0.310. The van der Waals surface area contributed by atoms with E-state index in [0.29, 0.717) is 36.5 Å². The average molecular weight is 483 g/mol. The van der Waals surface area contributed by atoms with Crippen LogP contribution in [0.1, 0.15) is 38.2 Å². The van der Waals surface area contributed by atoms with Crippen molar-refractivity contribution in [3.05, 3.63) is 89.8 Å². The van der Waals surface area contributed by atoms with E-state index in [1.165, 1.54) is 18.2 Å². The Morgan fingerprint density at radius 2 is 1.57 bits per heavy atom. The first-order valence-corrected chi connectivity index (χ1v) is 11.9. The van der Waals surface area contributed by atoms with Gasteiger partial charge >= 0.3 is 0 Å². The van der Waals surface area contributed by atoms with E-state index in [1.54, 1.807) is 30.3 Å². The van der Waals surface area contributed by atoms with Gasteiger partial charge in [-0.2, -0.15) is 4.39 Å². The molecule has 184 valence electrons. The lowest BCUT2D eigenvalue weighted by molar-refractivity contribution is -0.159. The Kier molecular flexibility index (Phi) is 8.26. The van der Waals surface area contributed by atoms with Crippen LogP contribution in [-0.2, 0) is 9.47 Å². The Balaban J connectivity index is 1.48. The molecule has 1 fully saturated rings. The van der Waals surface area contributed by atoms with Crippen LogP contribution in [0.4, 0.5) is 13.2 Å². The van der Waals surface area contributed by atoms with Crippen LogP contribution in [0.3, 0.4) is 0 Å². The van der Waals surface area contributed by atoms with Gasteiger partial charge in [0.15, 0.2) is 17.9 Å². The second-order valence-electron chi connectivity index (χ2n) is 8.51. The van der Waals surface area contributed by atoms with Crippen LogP contribution in [0.5, 0.6) is 5.75 Å². The maximum Gasteiger partial charge on any atom is 0.201 e. The number of rotatable bonds is 8. The summed E-state index contributed by atoms with van der Waals surface area (Å²) in [5.41, 5.74) is 2.67. The van der Waals surface area contributed by atoms with Crippen molar-refractivity contribution in [3.8, 4) is 28.0 Å². The number of hydrogen-bond donors (Lipinski definition) is 0. The van der Waals surface area contributed by atoms with Gasteiger partial charge in [0, 0.05) is 11.5 Å². The summed E-state index contributed by atoms with van der Waals surface area (Å²) >= 11 is 0. The fourth-order valence-corrected chi connectivity index (χ4v) is 4.04. The van der Waals surface area contributed by atoms with Crippen LogP contribution in [0.25, 0.3) is 22.3 Å². The SMILES string of the molecule is CC=CC1OCC(c2ccc(-c3ccc(-c4ccc(OCCCC)c(F)c4F)cc3)cc2F)CO1. The average Bonchev–Trinajstić information content (AvgIpc) is 2.88. The van der Waals surface area contributed by atoms with Gasteiger partial charge in [0.2, 0.25) is 5.82 Å². The van der Waals surface area contributed by atoms with E-state index in [4.69, 9.17) is 14.2 Å². The van der Waals surface area contributed by atoms with Gasteiger partial charge in [0.25, 0.3) is 0 Å². The maximum atomic E-state index is 14.9. The molecule has 0 unspecified atom stereocenters. The molecule has 0 aromatic heterocycles. The molecule has 0 spiro atoms. The molecule has 0 aliphatic carbocycles. The van der Waals surface area contributed by atoms with Crippen molar-refractivity contribution in [2.75, 3.05) is 19.8 Å². The molecule has 0 amide bonds. The summed E-state index contributed by atoms with van der Waals surface area (Å²) in [6.45, 7) is 4.98. The lowest BCUT2D eigenvalue weighted by Gasteiger charge is -2.28. The van der Waals surface area contributed by atoms with E-state index in [0.717, 1.165) is 18.4 Å². The van der Waals surface area contributed by atoms with Crippen LogP contribution in [0.2, 0.25) is 0 Å². The molecule has 4 rings (SSSR count). The molecule has 3 nitrogen and oxygen atoms in total. The normalized spacial score (nSPS) is 18.2. The van der Waals surface area contributed by atoms with Crippen molar-refractivity contribution >= 4 is 0 Å². The van der Waals surface area contributed by atoms with Crippen LogP contribution in [-0.4, -0.2) is 26.1 Å². The Bertz CT molecular complexity index is 1170. The number of benzene rings is 3. The summed E-state index contributed by atoms with van der Waals surface area (Å²) in [6.07, 6.45) is 4.96. The van der Waals surface area contributed by atoms with Gasteiger partial charge < -0.3 is 14.2 Å². The van der Waals surface area contributed by atoms with Crippen LogP contribution in [0.15, 0.2) is 66.7 Å². The fourth-order valence-electron chi connectivity index (χ4n) is 4.04. The summed E-state index contributed by atoms with van der Waals surface area (Å²) < 4.78 is 60.6. The first-order chi connectivity index (χ1) is 17.0. The molecule has 3 aromatic carbocycles. The van der Waals surface area contributed by atoms with Crippen LogP contribution < -0.4 is 4.74 Å². The second-order valence-corrected chi connectivity index (χ2v) is 8.51. The molecule has 1 saturated heterocycles. The van der Waals surface area contributed by atoms with E-state index in [1.807, 2.05) is 32.1 Å². The molecular weight excluding hydrogens is 453 g/mol. The molecule has 0 saturated carbocycles. The third kappa shape index (κ3) is 5.77. The molecule has 6 heteroatoms. The van der Waals surface area contributed by atoms with E-state index in [9.17, 15) is 13.2 Å². The highest BCUT2D eigenvalue weighted by atomic mass is 19.2. The summed E-state index contributed by atoms with van der Waals surface area (Å²) in [7, 11) is 0. The summed E-state index contributed by atoms with van der Waals surface area (Å²) in [5.74, 6) is -2.54. The zero-order valence-electron chi connectivity index (χ0n) is 19.9. The zero-order valence-corrected chi connectivity index (χ0v) is 19.9. The Morgan fingerprint density at radius 3 is 2.23 bits per heavy atom. The predicted octanol–water partition coefficient (Wildman–Crippen LogP) is 7.65. The highest BCUT2D eigenvalue weighted by Gasteiger charge is 2.24. The summed E-state index contributed by atoms with van der Waals surface area (Å²) in [6, 6.07) is 14.9. The molecule has 0 atom stereocenters. The summed E-state index contributed by atoms with van der Waals surface area (Å²) in [5, 5.41) is 0. The molecule has 1 aliphatic heterocycles. The number of unbranched alkanes of at least 4 members (excludes halogenated alkanes) is 1. The number of hydrogen-bond acceptors (Lipinski definition) is 3. The monoisotopic (exact) mass is 482 g/mol. The van der Waals surface area contributed by atoms with Crippen molar-refractivity contribution in [3.63, 3.8) is 0 Å². The molecule has 3 aromatic rings. The lowest BCUT2D eigenvalue weighted by atomic mass is 9.95. The quantitative estimate of drug-likeness (QED) is 0.244. The van der Waals surface area contributed by atoms with Gasteiger partial charge in [0.1, 0.15) is 5.82 Å². The minimum absolute atomic E-state index is 0.0852. The van der Waals surface area contributed by atoms with Gasteiger partial charge in [-0.3, -0.25) is 0 Å². The van der Waals surface area contributed by atoms with Gasteiger partial charge in [-0.15, -0.1) is 0 Å². The van der Waals surface area contributed by atoms with E-state index in [2.05, 4.69) is 0 Å². The smallest absolute Gasteiger partial charge is 0.201 e. The largest absolute Gasteiger partial charge is 0.490 e. The molecule has 0 bridgehead atoms. The van der Waals surface area contributed by atoms with Crippen LogP contribution >= 0.6 is 0 Å². The van der Waals surface area contributed by atoms with Crippen molar-refractivity contribution in [2.45, 2.75) is 38.9 Å². The standard InChI is InChI=1S/C29H29F3O3/c1-3-5-15-33-26-14-13-24(28(31)29(26)32)20-9-7-19(8-10-20)21-11-12-23(25(30)16-21)22-17-34-27(6-4-2)35-18-22/h4,6-14,16,22,27H,3,5,15,17-18H2,1-2H3. The third-order valence-corrected chi connectivity index (χ3v) is 6.04.